The Morgan fingerprint density at radius 2 is 2.00 bits per heavy atom. The standard InChI is InChI=1S/C13H7BrClFN2O3/c14-7-1-3-11(10(16)5-7)17-13(19)9-6-8(15)2-4-12(9)18(20)21/h1-6H,(H,17,19). The molecular weight excluding hydrogens is 367 g/mol. The maximum Gasteiger partial charge on any atom is 0.282 e. The molecule has 0 bridgehead atoms. The summed E-state index contributed by atoms with van der Waals surface area (Å²) < 4.78 is 14.2. The second-order valence-corrected chi connectivity index (χ2v) is 5.35. The van der Waals surface area contributed by atoms with E-state index in [2.05, 4.69) is 21.2 Å². The van der Waals surface area contributed by atoms with Gasteiger partial charge >= 0.3 is 0 Å². The number of halogens is 3. The number of anilines is 1. The Morgan fingerprint density at radius 3 is 2.62 bits per heavy atom. The molecule has 0 aliphatic rings. The summed E-state index contributed by atoms with van der Waals surface area (Å²) in [5.74, 6) is -1.48. The number of carbonyl (C=O) groups is 1. The van der Waals surface area contributed by atoms with Crippen LogP contribution in [0, 0.1) is 15.9 Å². The molecule has 0 saturated carbocycles. The van der Waals surface area contributed by atoms with Crippen molar-refractivity contribution < 1.29 is 14.1 Å². The monoisotopic (exact) mass is 372 g/mol. The summed E-state index contributed by atoms with van der Waals surface area (Å²) in [5, 5.41) is 13.4. The quantitative estimate of drug-likeness (QED) is 0.640. The lowest BCUT2D eigenvalue weighted by Gasteiger charge is -2.07. The lowest BCUT2D eigenvalue weighted by atomic mass is 10.1. The molecule has 0 aromatic heterocycles. The van der Waals surface area contributed by atoms with E-state index in [9.17, 15) is 19.3 Å². The highest BCUT2D eigenvalue weighted by Gasteiger charge is 2.21. The summed E-state index contributed by atoms with van der Waals surface area (Å²) in [4.78, 5) is 22.3. The maximum atomic E-state index is 13.7. The van der Waals surface area contributed by atoms with Gasteiger partial charge in [-0.2, -0.15) is 0 Å². The van der Waals surface area contributed by atoms with E-state index in [1.165, 1.54) is 24.3 Å². The molecule has 0 fully saturated rings. The summed E-state index contributed by atoms with van der Waals surface area (Å²) in [6.45, 7) is 0. The van der Waals surface area contributed by atoms with E-state index >= 15 is 0 Å². The van der Waals surface area contributed by atoms with Crippen molar-refractivity contribution in [2.45, 2.75) is 0 Å². The van der Waals surface area contributed by atoms with E-state index in [4.69, 9.17) is 11.6 Å². The SMILES string of the molecule is O=C(Nc1ccc(Br)cc1F)c1cc(Cl)ccc1[N+](=O)[O-]. The van der Waals surface area contributed by atoms with Gasteiger partial charge in [0.2, 0.25) is 0 Å². The lowest BCUT2D eigenvalue weighted by molar-refractivity contribution is -0.385. The molecule has 108 valence electrons. The molecule has 2 aromatic carbocycles. The van der Waals surface area contributed by atoms with Gasteiger partial charge in [-0.15, -0.1) is 0 Å². The molecule has 1 N–H and O–H groups in total. The van der Waals surface area contributed by atoms with Crippen LogP contribution < -0.4 is 5.32 Å². The number of nitro groups is 1. The molecule has 0 aliphatic heterocycles. The zero-order valence-electron chi connectivity index (χ0n) is 10.3. The van der Waals surface area contributed by atoms with Gasteiger partial charge in [0.05, 0.1) is 10.6 Å². The third kappa shape index (κ3) is 3.56. The molecule has 0 saturated heterocycles. The molecule has 0 aliphatic carbocycles. The van der Waals surface area contributed by atoms with Crippen LogP contribution >= 0.6 is 27.5 Å². The van der Waals surface area contributed by atoms with Crippen LogP contribution in [0.1, 0.15) is 10.4 Å². The molecule has 1 amide bonds. The molecular formula is C13H7BrClFN2O3. The van der Waals surface area contributed by atoms with Crippen LogP contribution in [-0.2, 0) is 0 Å². The number of nitrogens with one attached hydrogen (secondary N) is 1. The molecule has 0 radical (unpaired) electrons. The predicted molar refractivity (Wildman–Crippen MR) is 80.2 cm³/mol. The third-order valence-electron chi connectivity index (χ3n) is 2.58. The van der Waals surface area contributed by atoms with Crippen molar-refractivity contribution in [1.82, 2.24) is 0 Å². The minimum Gasteiger partial charge on any atom is -0.319 e. The van der Waals surface area contributed by atoms with E-state index < -0.39 is 22.3 Å². The van der Waals surface area contributed by atoms with Crippen LogP contribution in [0.5, 0.6) is 0 Å². The highest BCUT2D eigenvalue weighted by molar-refractivity contribution is 9.10. The zero-order chi connectivity index (χ0) is 15.6. The highest BCUT2D eigenvalue weighted by Crippen LogP contribution is 2.25. The van der Waals surface area contributed by atoms with E-state index in [0.29, 0.717) is 4.47 Å². The summed E-state index contributed by atoms with van der Waals surface area (Å²) in [5.41, 5.74) is -0.735. The van der Waals surface area contributed by atoms with E-state index in [1.807, 2.05) is 0 Å². The molecule has 8 heteroatoms. The Hall–Kier alpha value is -1.99. The maximum absolute atomic E-state index is 13.7. The second kappa shape index (κ2) is 6.19. The first-order valence-corrected chi connectivity index (χ1v) is 6.76. The van der Waals surface area contributed by atoms with Gasteiger partial charge in [-0.05, 0) is 30.3 Å². The van der Waals surface area contributed by atoms with Gasteiger partial charge in [0.25, 0.3) is 11.6 Å². The van der Waals surface area contributed by atoms with Gasteiger partial charge in [0.1, 0.15) is 11.4 Å². The van der Waals surface area contributed by atoms with Crippen molar-refractivity contribution in [3.8, 4) is 0 Å². The molecule has 5 nitrogen and oxygen atoms in total. The van der Waals surface area contributed by atoms with Gasteiger partial charge in [-0.25, -0.2) is 4.39 Å². The lowest BCUT2D eigenvalue weighted by Crippen LogP contribution is -2.15. The fraction of sp³-hybridized carbons (Fsp3) is 0. The van der Waals surface area contributed by atoms with Crippen molar-refractivity contribution in [2.24, 2.45) is 0 Å². The van der Waals surface area contributed by atoms with Crippen molar-refractivity contribution in [2.75, 3.05) is 5.32 Å². The largest absolute Gasteiger partial charge is 0.319 e. The topological polar surface area (TPSA) is 72.2 Å². The first kappa shape index (κ1) is 15.4. The molecule has 0 heterocycles. The molecule has 0 spiro atoms. The number of hydrogen-bond donors (Lipinski definition) is 1. The molecule has 0 atom stereocenters. The zero-order valence-corrected chi connectivity index (χ0v) is 12.6. The average molecular weight is 374 g/mol. The van der Waals surface area contributed by atoms with E-state index in [-0.39, 0.29) is 16.3 Å². The predicted octanol–water partition coefficient (Wildman–Crippen LogP) is 4.40. The second-order valence-electron chi connectivity index (χ2n) is 4.00. The first-order valence-electron chi connectivity index (χ1n) is 5.59. The molecule has 2 rings (SSSR count). The minimum atomic E-state index is -0.814. The third-order valence-corrected chi connectivity index (χ3v) is 3.31. The van der Waals surface area contributed by atoms with Gasteiger partial charge in [0.15, 0.2) is 0 Å². The Kier molecular flexibility index (Phi) is 4.54. The van der Waals surface area contributed by atoms with Gasteiger partial charge in [-0.3, -0.25) is 14.9 Å². The van der Waals surface area contributed by atoms with Gasteiger partial charge in [-0.1, -0.05) is 27.5 Å². The number of nitrogens with zero attached hydrogens (tertiary/aromatic N) is 1. The van der Waals surface area contributed by atoms with Crippen LogP contribution in [0.15, 0.2) is 40.9 Å². The fourth-order valence-corrected chi connectivity index (χ4v) is 2.14. The van der Waals surface area contributed by atoms with Crippen LogP contribution in [0.25, 0.3) is 0 Å². The summed E-state index contributed by atoms with van der Waals surface area (Å²) in [6, 6.07) is 7.62. The number of rotatable bonds is 3. The number of amides is 1. The van der Waals surface area contributed by atoms with Crippen molar-refractivity contribution in [3.05, 3.63) is 67.4 Å². The average Bonchev–Trinajstić information content (AvgIpc) is 2.41. The normalized spacial score (nSPS) is 10.2. The Morgan fingerprint density at radius 1 is 1.29 bits per heavy atom. The molecule has 21 heavy (non-hydrogen) atoms. The highest BCUT2D eigenvalue weighted by atomic mass is 79.9. The van der Waals surface area contributed by atoms with Crippen LogP contribution in [0.2, 0.25) is 5.02 Å². The van der Waals surface area contributed by atoms with E-state index in [1.54, 1.807) is 0 Å². The Balaban J connectivity index is 2.36. The van der Waals surface area contributed by atoms with Gasteiger partial charge in [0, 0.05) is 15.6 Å². The first-order chi connectivity index (χ1) is 9.88. The van der Waals surface area contributed by atoms with Crippen molar-refractivity contribution in [3.63, 3.8) is 0 Å². The Labute approximate surface area is 132 Å². The number of benzene rings is 2. The number of nitro benzene ring substituents is 1. The summed E-state index contributed by atoms with van der Waals surface area (Å²) in [7, 11) is 0. The van der Waals surface area contributed by atoms with Crippen molar-refractivity contribution >= 4 is 44.8 Å². The number of carbonyl (C=O) groups excluding carboxylic acids is 1. The van der Waals surface area contributed by atoms with E-state index in [0.717, 1.165) is 12.1 Å². The van der Waals surface area contributed by atoms with Crippen LogP contribution in [-0.4, -0.2) is 10.8 Å². The molecule has 0 unspecified atom stereocenters. The fourth-order valence-electron chi connectivity index (χ4n) is 1.63. The summed E-state index contributed by atoms with van der Waals surface area (Å²) in [6.07, 6.45) is 0. The van der Waals surface area contributed by atoms with Crippen LogP contribution in [0.4, 0.5) is 15.8 Å². The summed E-state index contributed by atoms with van der Waals surface area (Å²) >= 11 is 8.83. The number of hydrogen-bond acceptors (Lipinski definition) is 3. The molecule has 2 aromatic rings. The van der Waals surface area contributed by atoms with Crippen LogP contribution in [0.3, 0.4) is 0 Å². The Bertz CT molecular complexity index is 739. The van der Waals surface area contributed by atoms with Gasteiger partial charge < -0.3 is 5.32 Å². The van der Waals surface area contributed by atoms with Crippen molar-refractivity contribution in [1.29, 1.82) is 0 Å². The minimum absolute atomic E-state index is 0.0857. The smallest absolute Gasteiger partial charge is 0.282 e.